The molecule has 1 heterocycles. The van der Waals surface area contributed by atoms with E-state index in [2.05, 4.69) is 10.3 Å². The summed E-state index contributed by atoms with van der Waals surface area (Å²) >= 11 is 0. The van der Waals surface area contributed by atoms with Crippen LogP contribution < -0.4 is 10.0 Å². The van der Waals surface area contributed by atoms with Crippen molar-refractivity contribution in [2.24, 2.45) is 0 Å². The van der Waals surface area contributed by atoms with Crippen LogP contribution in [0.3, 0.4) is 0 Å². The maximum atomic E-state index is 13.5. The van der Waals surface area contributed by atoms with Crippen molar-refractivity contribution in [1.29, 1.82) is 0 Å². The number of hydrogen-bond acceptors (Lipinski definition) is 4. The van der Waals surface area contributed by atoms with Crippen LogP contribution in [0, 0.1) is 11.6 Å². The monoisotopic (exact) mass is 313 g/mol. The summed E-state index contributed by atoms with van der Waals surface area (Å²) in [4.78, 5) is 3.61. The number of pyridine rings is 1. The van der Waals surface area contributed by atoms with Crippen LogP contribution in [-0.4, -0.2) is 19.9 Å². The van der Waals surface area contributed by atoms with Crippen molar-refractivity contribution >= 4 is 21.4 Å². The summed E-state index contributed by atoms with van der Waals surface area (Å²) in [6.07, 6.45) is 2.57. The Kier molecular flexibility index (Phi) is 4.37. The van der Waals surface area contributed by atoms with E-state index in [0.29, 0.717) is 12.2 Å². The van der Waals surface area contributed by atoms with Gasteiger partial charge in [0, 0.05) is 25.0 Å². The molecular weight excluding hydrogens is 300 g/mol. The van der Waals surface area contributed by atoms with Crippen molar-refractivity contribution < 1.29 is 17.2 Å². The molecule has 2 aromatic rings. The van der Waals surface area contributed by atoms with E-state index in [4.69, 9.17) is 0 Å². The summed E-state index contributed by atoms with van der Waals surface area (Å²) < 4.78 is 53.2. The molecule has 0 spiro atoms. The molecule has 2 N–H and O–H groups in total. The zero-order valence-electron chi connectivity index (χ0n) is 11.1. The zero-order chi connectivity index (χ0) is 15.5. The van der Waals surface area contributed by atoms with E-state index in [9.17, 15) is 17.2 Å². The van der Waals surface area contributed by atoms with Crippen molar-refractivity contribution in [2.75, 3.05) is 16.6 Å². The Hall–Kier alpha value is -2.22. The maximum absolute atomic E-state index is 13.5. The van der Waals surface area contributed by atoms with Gasteiger partial charge in [0.2, 0.25) is 0 Å². The third kappa shape index (κ3) is 3.46. The summed E-state index contributed by atoms with van der Waals surface area (Å²) in [5.74, 6) is -1.61. The Balaban J connectivity index is 2.41. The number of anilines is 2. The van der Waals surface area contributed by atoms with Gasteiger partial charge in [-0.2, -0.15) is 0 Å². The highest BCUT2D eigenvalue weighted by atomic mass is 32.2. The molecule has 2 rings (SSSR count). The van der Waals surface area contributed by atoms with Crippen molar-refractivity contribution in [3.8, 4) is 0 Å². The molecule has 0 aliphatic heterocycles. The Morgan fingerprint density at radius 3 is 2.67 bits per heavy atom. The van der Waals surface area contributed by atoms with Gasteiger partial charge in [0.15, 0.2) is 0 Å². The molecular formula is C13H13F2N3O2S. The van der Waals surface area contributed by atoms with Crippen LogP contribution in [0.1, 0.15) is 6.92 Å². The molecule has 0 aliphatic carbocycles. The Morgan fingerprint density at radius 2 is 1.95 bits per heavy atom. The van der Waals surface area contributed by atoms with E-state index in [1.54, 1.807) is 6.92 Å². The minimum atomic E-state index is -4.09. The number of aromatic nitrogens is 1. The van der Waals surface area contributed by atoms with Crippen LogP contribution in [-0.2, 0) is 10.0 Å². The van der Waals surface area contributed by atoms with Crippen LogP contribution in [0.5, 0.6) is 0 Å². The smallest absolute Gasteiger partial charge is 0.265 e. The third-order valence-corrected chi connectivity index (χ3v) is 4.01. The molecule has 1 aromatic carbocycles. The number of rotatable bonds is 5. The molecule has 0 saturated heterocycles. The fourth-order valence-corrected chi connectivity index (χ4v) is 2.89. The second-order valence-electron chi connectivity index (χ2n) is 4.13. The minimum absolute atomic E-state index is 0.143. The summed E-state index contributed by atoms with van der Waals surface area (Å²) in [5, 5.41) is 2.87. The minimum Gasteiger partial charge on any atom is -0.384 e. The van der Waals surface area contributed by atoms with Crippen LogP contribution in [0.25, 0.3) is 0 Å². The van der Waals surface area contributed by atoms with Crippen LogP contribution in [0.4, 0.5) is 20.2 Å². The van der Waals surface area contributed by atoms with Gasteiger partial charge in [-0.1, -0.05) is 0 Å². The zero-order valence-corrected chi connectivity index (χ0v) is 11.9. The normalized spacial score (nSPS) is 11.2. The topological polar surface area (TPSA) is 71.1 Å². The quantitative estimate of drug-likeness (QED) is 0.890. The predicted octanol–water partition coefficient (Wildman–Crippen LogP) is 2.59. The van der Waals surface area contributed by atoms with Gasteiger partial charge >= 0.3 is 0 Å². The lowest BCUT2D eigenvalue weighted by molar-refractivity contribution is 0.594. The first kappa shape index (κ1) is 15.2. The van der Waals surface area contributed by atoms with Gasteiger partial charge in [0.1, 0.15) is 16.5 Å². The van der Waals surface area contributed by atoms with E-state index in [1.165, 1.54) is 12.3 Å². The standard InChI is InChI=1S/C13H13F2N3O2S/c1-2-17-11-5-6-16-8-13(11)21(19,20)18-12-7-9(14)3-4-10(12)15/h3-8,18H,2H2,1H3,(H,16,17). The van der Waals surface area contributed by atoms with Crippen LogP contribution in [0.15, 0.2) is 41.6 Å². The fourth-order valence-electron chi connectivity index (χ4n) is 1.71. The Labute approximate surface area is 121 Å². The first-order valence-corrected chi connectivity index (χ1v) is 7.58. The summed E-state index contributed by atoms with van der Waals surface area (Å²) in [6, 6.07) is 4.01. The van der Waals surface area contributed by atoms with E-state index in [1.807, 2.05) is 4.72 Å². The van der Waals surface area contributed by atoms with E-state index < -0.39 is 27.3 Å². The highest BCUT2D eigenvalue weighted by Crippen LogP contribution is 2.24. The van der Waals surface area contributed by atoms with Gasteiger partial charge < -0.3 is 5.32 Å². The molecule has 1 aromatic heterocycles. The predicted molar refractivity (Wildman–Crippen MR) is 75.6 cm³/mol. The van der Waals surface area contributed by atoms with Gasteiger partial charge in [-0.05, 0) is 25.1 Å². The lowest BCUT2D eigenvalue weighted by atomic mass is 10.3. The van der Waals surface area contributed by atoms with Gasteiger partial charge in [0.05, 0.1) is 11.4 Å². The van der Waals surface area contributed by atoms with Gasteiger partial charge in [-0.3, -0.25) is 9.71 Å². The largest absolute Gasteiger partial charge is 0.384 e. The number of nitrogens with zero attached hydrogens (tertiary/aromatic N) is 1. The molecule has 0 unspecified atom stereocenters. The highest BCUT2D eigenvalue weighted by Gasteiger charge is 2.20. The summed E-state index contributed by atoms with van der Waals surface area (Å²) in [7, 11) is -4.09. The van der Waals surface area contributed by atoms with E-state index in [-0.39, 0.29) is 4.90 Å². The molecule has 0 fully saturated rings. The second-order valence-corrected chi connectivity index (χ2v) is 5.78. The highest BCUT2D eigenvalue weighted by molar-refractivity contribution is 7.92. The maximum Gasteiger partial charge on any atom is 0.265 e. The van der Waals surface area contributed by atoms with Gasteiger partial charge in [-0.15, -0.1) is 0 Å². The first-order valence-electron chi connectivity index (χ1n) is 6.10. The lowest BCUT2D eigenvalue weighted by Gasteiger charge is -2.12. The molecule has 21 heavy (non-hydrogen) atoms. The number of nitrogens with one attached hydrogen (secondary N) is 2. The Morgan fingerprint density at radius 1 is 1.19 bits per heavy atom. The molecule has 0 saturated carbocycles. The molecule has 0 aliphatic rings. The van der Waals surface area contributed by atoms with Crippen molar-refractivity contribution in [2.45, 2.75) is 11.8 Å². The lowest BCUT2D eigenvalue weighted by Crippen LogP contribution is -2.16. The third-order valence-electron chi connectivity index (χ3n) is 2.61. The second kappa shape index (κ2) is 6.04. The molecule has 112 valence electrons. The number of sulfonamides is 1. The average molecular weight is 313 g/mol. The van der Waals surface area contributed by atoms with E-state index in [0.717, 1.165) is 24.4 Å². The fraction of sp³-hybridized carbons (Fsp3) is 0.154. The SMILES string of the molecule is CCNc1ccncc1S(=O)(=O)Nc1cc(F)ccc1F. The van der Waals surface area contributed by atoms with Gasteiger partial charge in [-0.25, -0.2) is 17.2 Å². The molecule has 5 nitrogen and oxygen atoms in total. The number of halogens is 2. The molecule has 8 heteroatoms. The molecule has 0 bridgehead atoms. The summed E-state index contributed by atoms with van der Waals surface area (Å²) in [6.45, 7) is 2.30. The molecule has 0 radical (unpaired) electrons. The van der Waals surface area contributed by atoms with Crippen molar-refractivity contribution in [3.63, 3.8) is 0 Å². The van der Waals surface area contributed by atoms with Gasteiger partial charge in [0.25, 0.3) is 10.0 Å². The summed E-state index contributed by atoms with van der Waals surface area (Å²) in [5.41, 5.74) is -0.127. The Bertz CT molecular complexity index is 751. The first-order chi connectivity index (χ1) is 9.94. The van der Waals surface area contributed by atoms with E-state index >= 15 is 0 Å². The molecule has 0 amide bonds. The van der Waals surface area contributed by atoms with Crippen molar-refractivity contribution in [3.05, 3.63) is 48.3 Å². The average Bonchev–Trinajstić information content (AvgIpc) is 2.43. The number of benzene rings is 1. The number of hydrogen-bond donors (Lipinski definition) is 2. The van der Waals surface area contributed by atoms with Crippen LogP contribution in [0.2, 0.25) is 0 Å². The van der Waals surface area contributed by atoms with Crippen LogP contribution >= 0.6 is 0 Å². The molecule has 0 atom stereocenters. The van der Waals surface area contributed by atoms with Crippen molar-refractivity contribution in [1.82, 2.24) is 4.98 Å².